The Kier molecular flexibility index (Phi) is 6.39. The Morgan fingerprint density at radius 3 is 2.21 bits per heavy atom. The summed E-state index contributed by atoms with van der Waals surface area (Å²) in [6, 6.07) is 14.2. The molecule has 0 saturated heterocycles. The van der Waals surface area contributed by atoms with E-state index in [1.54, 1.807) is 35.9 Å². The van der Waals surface area contributed by atoms with Crippen LogP contribution in [0, 0.1) is 13.8 Å². The van der Waals surface area contributed by atoms with Crippen LogP contribution in [0.2, 0.25) is 0 Å². The lowest BCUT2D eigenvalue weighted by Gasteiger charge is -2.07. The molecule has 0 saturated carbocycles. The summed E-state index contributed by atoms with van der Waals surface area (Å²) in [5.41, 5.74) is 2.83. The zero-order valence-corrected chi connectivity index (χ0v) is 18.0. The van der Waals surface area contributed by atoms with Crippen molar-refractivity contribution in [3.05, 3.63) is 65.5 Å². The van der Waals surface area contributed by atoms with Gasteiger partial charge >= 0.3 is 0 Å². The van der Waals surface area contributed by atoms with Gasteiger partial charge in [0.15, 0.2) is 15.0 Å². The molecule has 0 aliphatic carbocycles. The van der Waals surface area contributed by atoms with E-state index in [1.165, 1.54) is 11.8 Å². The number of aryl methyl sites for hydroxylation is 2. The highest BCUT2D eigenvalue weighted by Gasteiger charge is 2.20. The normalized spacial score (nSPS) is 11.4. The number of rotatable bonds is 7. The topological polar surface area (TPSA) is 94.0 Å². The number of carbonyl (C=O) groups excluding carboxylic acids is 1. The number of amides is 1. The molecule has 0 spiro atoms. The summed E-state index contributed by atoms with van der Waals surface area (Å²) in [6.45, 7) is 3.88. The van der Waals surface area contributed by atoms with Crippen molar-refractivity contribution in [2.24, 2.45) is 7.05 Å². The molecule has 9 heteroatoms. The van der Waals surface area contributed by atoms with Gasteiger partial charge in [-0.15, -0.1) is 10.2 Å². The van der Waals surface area contributed by atoms with E-state index < -0.39 is 9.84 Å². The van der Waals surface area contributed by atoms with Gasteiger partial charge in [-0.05, 0) is 38.1 Å². The van der Waals surface area contributed by atoms with Crippen molar-refractivity contribution in [1.29, 1.82) is 0 Å². The van der Waals surface area contributed by atoms with Gasteiger partial charge < -0.3 is 9.88 Å². The van der Waals surface area contributed by atoms with E-state index in [0.29, 0.717) is 11.0 Å². The maximum Gasteiger partial charge on any atom is 0.234 e. The van der Waals surface area contributed by atoms with E-state index >= 15 is 0 Å². The third-order valence-electron chi connectivity index (χ3n) is 4.29. The zero-order chi connectivity index (χ0) is 21.0. The lowest BCUT2D eigenvalue weighted by molar-refractivity contribution is -0.113. The molecule has 7 nitrogen and oxygen atoms in total. The molecule has 0 aliphatic rings. The number of hydrogen-bond acceptors (Lipinski definition) is 6. The second-order valence-electron chi connectivity index (χ2n) is 6.73. The van der Waals surface area contributed by atoms with Crippen molar-refractivity contribution in [3.63, 3.8) is 0 Å². The van der Waals surface area contributed by atoms with E-state index in [2.05, 4.69) is 15.5 Å². The van der Waals surface area contributed by atoms with Gasteiger partial charge in [0.25, 0.3) is 0 Å². The first-order chi connectivity index (χ1) is 13.7. The van der Waals surface area contributed by atoms with Gasteiger partial charge in [-0.3, -0.25) is 4.79 Å². The van der Waals surface area contributed by atoms with Crippen molar-refractivity contribution < 1.29 is 13.2 Å². The lowest BCUT2D eigenvalue weighted by Crippen LogP contribution is -2.14. The molecule has 1 amide bonds. The predicted molar refractivity (Wildman–Crippen MR) is 114 cm³/mol. The van der Waals surface area contributed by atoms with Crippen LogP contribution < -0.4 is 5.32 Å². The van der Waals surface area contributed by atoms with Crippen LogP contribution in [0.25, 0.3) is 0 Å². The van der Waals surface area contributed by atoms with E-state index in [4.69, 9.17) is 0 Å². The number of anilines is 1. The molecule has 3 aromatic rings. The van der Waals surface area contributed by atoms with Crippen molar-refractivity contribution >= 4 is 33.2 Å². The van der Waals surface area contributed by atoms with Crippen molar-refractivity contribution in [3.8, 4) is 0 Å². The Morgan fingerprint density at radius 2 is 1.59 bits per heavy atom. The van der Waals surface area contributed by atoms with E-state index in [0.717, 1.165) is 16.8 Å². The maximum atomic E-state index is 12.6. The van der Waals surface area contributed by atoms with Crippen LogP contribution in [-0.4, -0.2) is 34.8 Å². The number of nitrogens with zero attached hydrogens (tertiary/aromatic N) is 3. The van der Waals surface area contributed by atoms with Crippen LogP contribution in [-0.2, 0) is 27.4 Å². The van der Waals surface area contributed by atoms with E-state index in [1.807, 2.05) is 38.1 Å². The molecule has 2 aromatic carbocycles. The summed E-state index contributed by atoms with van der Waals surface area (Å²) in [5, 5.41) is 11.3. The van der Waals surface area contributed by atoms with Crippen LogP contribution in [0.5, 0.6) is 0 Å². The second kappa shape index (κ2) is 8.79. The Balaban J connectivity index is 1.62. The van der Waals surface area contributed by atoms with Crippen LogP contribution >= 0.6 is 11.8 Å². The molecule has 3 rings (SSSR count). The summed E-state index contributed by atoms with van der Waals surface area (Å²) in [6.07, 6.45) is 0. The number of nitrogens with one attached hydrogen (secondary N) is 1. The molecule has 0 fully saturated rings. The lowest BCUT2D eigenvalue weighted by atomic mass is 10.2. The average Bonchev–Trinajstić information content (AvgIpc) is 3.01. The second-order valence-corrected chi connectivity index (χ2v) is 9.66. The highest BCUT2D eigenvalue weighted by Crippen LogP contribution is 2.20. The van der Waals surface area contributed by atoms with Crippen LogP contribution in [0.15, 0.2) is 58.6 Å². The smallest absolute Gasteiger partial charge is 0.234 e. The molecule has 152 valence electrons. The molecule has 1 aromatic heterocycles. The van der Waals surface area contributed by atoms with Gasteiger partial charge in [0.05, 0.1) is 10.6 Å². The first kappa shape index (κ1) is 21.1. The molecule has 0 radical (unpaired) electrons. The van der Waals surface area contributed by atoms with Crippen molar-refractivity contribution in [1.82, 2.24) is 14.8 Å². The minimum absolute atomic E-state index is 0.143. The van der Waals surface area contributed by atoms with Gasteiger partial charge in [0, 0.05) is 12.7 Å². The molecular formula is C20H22N4O3S2. The number of hydrogen-bond donors (Lipinski definition) is 1. The number of carbonyl (C=O) groups is 1. The number of sulfone groups is 1. The Hall–Kier alpha value is -2.65. The van der Waals surface area contributed by atoms with Gasteiger partial charge in [-0.2, -0.15) is 0 Å². The first-order valence-electron chi connectivity index (χ1n) is 8.91. The number of aromatic nitrogens is 3. The van der Waals surface area contributed by atoms with Gasteiger partial charge in [0.1, 0.15) is 11.6 Å². The molecule has 0 unspecified atom stereocenters. The zero-order valence-electron chi connectivity index (χ0n) is 16.4. The summed E-state index contributed by atoms with van der Waals surface area (Å²) in [4.78, 5) is 12.4. The highest BCUT2D eigenvalue weighted by atomic mass is 32.2. The summed E-state index contributed by atoms with van der Waals surface area (Å²) in [7, 11) is -1.83. The fraction of sp³-hybridized carbons (Fsp3) is 0.250. The number of benzene rings is 2. The quantitative estimate of drug-likeness (QED) is 0.579. The fourth-order valence-electron chi connectivity index (χ4n) is 2.56. The maximum absolute atomic E-state index is 12.6. The minimum Gasteiger partial charge on any atom is -0.325 e. The van der Waals surface area contributed by atoms with Crippen molar-refractivity contribution in [2.45, 2.75) is 29.7 Å². The Labute approximate surface area is 174 Å². The van der Waals surface area contributed by atoms with Crippen LogP contribution in [0.4, 0.5) is 5.69 Å². The first-order valence-corrected chi connectivity index (χ1v) is 11.6. The molecule has 0 atom stereocenters. The molecule has 0 bridgehead atoms. The Morgan fingerprint density at radius 1 is 1.00 bits per heavy atom. The molecule has 0 aliphatic heterocycles. The standard InChI is InChI=1S/C20H22N4O3S2/c1-14-4-8-16(9-5-14)21-19(25)12-28-20-23-22-18(24(20)3)13-29(26,27)17-10-6-15(2)7-11-17/h4-11H,12-13H2,1-3H3,(H,21,25). The summed E-state index contributed by atoms with van der Waals surface area (Å²) < 4.78 is 26.8. The van der Waals surface area contributed by atoms with E-state index in [-0.39, 0.29) is 22.3 Å². The van der Waals surface area contributed by atoms with Gasteiger partial charge in [-0.1, -0.05) is 47.2 Å². The SMILES string of the molecule is Cc1ccc(NC(=O)CSc2nnc(CS(=O)(=O)c3ccc(C)cc3)n2C)cc1. The number of thioether (sulfide) groups is 1. The highest BCUT2D eigenvalue weighted by molar-refractivity contribution is 7.99. The van der Waals surface area contributed by atoms with Crippen LogP contribution in [0.1, 0.15) is 17.0 Å². The van der Waals surface area contributed by atoms with Crippen LogP contribution in [0.3, 0.4) is 0 Å². The minimum atomic E-state index is -3.53. The van der Waals surface area contributed by atoms with Gasteiger partial charge in [-0.25, -0.2) is 8.42 Å². The predicted octanol–water partition coefficient (Wildman–Crippen LogP) is 3.14. The van der Waals surface area contributed by atoms with Gasteiger partial charge in [0.2, 0.25) is 5.91 Å². The summed E-state index contributed by atoms with van der Waals surface area (Å²) in [5.74, 6) is 0.0444. The molecule has 1 N–H and O–H groups in total. The molecule has 29 heavy (non-hydrogen) atoms. The monoisotopic (exact) mass is 430 g/mol. The van der Waals surface area contributed by atoms with E-state index in [9.17, 15) is 13.2 Å². The Bertz CT molecular complexity index is 1110. The van der Waals surface area contributed by atoms with Crippen molar-refractivity contribution in [2.75, 3.05) is 11.1 Å². The molecular weight excluding hydrogens is 408 g/mol. The average molecular weight is 431 g/mol. The summed E-state index contributed by atoms with van der Waals surface area (Å²) >= 11 is 1.20. The third-order valence-corrected chi connectivity index (χ3v) is 6.94. The largest absolute Gasteiger partial charge is 0.325 e. The fourth-order valence-corrected chi connectivity index (χ4v) is 4.60. The third kappa shape index (κ3) is 5.45. The molecule has 1 heterocycles.